The third kappa shape index (κ3) is 2.26. The van der Waals surface area contributed by atoms with Gasteiger partial charge in [0.15, 0.2) is 0 Å². The summed E-state index contributed by atoms with van der Waals surface area (Å²) >= 11 is 0. The topological polar surface area (TPSA) is 12.0 Å². The first-order valence-electron chi connectivity index (χ1n) is 6.26. The van der Waals surface area contributed by atoms with Crippen LogP contribution in [-0.4, -0.2) is 13.6 Å². The molecular weight excluding hydrogens is 239 g/mol. The van der Waals surface area contributed by atoms with Gasteiger partial charge >= 0.3 is 6.18 Å². The number of halogens is 3. The maximum Gasteiger partial charge on any atom is 0.416 e. The Hall–Kier alpha value is -1.03. The second-order valence-corrected chi connectivity index (χ2v) is 5.07. The van der Waals surface area contributed by atoms with Crippen LogP contribution in [-0.2, 0) is 11.6 Å². The average molecular weight is 257 g/mol. The smallest absolute Gasteiger partial charge is 0.319 e. The SMILES string of the molecule is CCC1CC1(CNC)c1cccc(C(F)(F)F)c1. The maximum absolute atomic E-state index is 12.7. The quantitative estimate of drug-likeness (QED) is 0.869. The van der Waals surface area contributed by atoms with E-state index in [2.05, 4.69) is 12.2 Å². The third-order valence-corrected chi connectivity index (χ3v) is 3.98. The van der Waals surface area contributed by atoms with Gasteiger partial charge in [-0.2, -0.15) is 13.2 Å². The lowest BCUT2D eigenvalue weighted by Gasteiger charge is -2.19. The molecule has 4 heteroatoms. The zero-order chi connectivity index (χ0) is 13.4. The molecule has 1 aliphatic carbocycles. The molecule has 0 aromatic heterocycles. The fourth-order valence-electron chi connectivity index (χ4n) is 2.91. The summed E-state index contributed by atoms with van der Waals surface area (Å²) in [6, 6.07) is 5.79. The molecule has 18 heavy (non-hydrogen) atoms. The number of nitrogens with one attached hydrogen (secondary N) is 1. The Balaban J connectivity index is 2.33. The molecule has 1 saturated carbocycles. The van der Waals surface area contributed by atoms with E-state index < -0.39 is 11.7 Å². The van der Waals surface area contributed by atoms with E-state index in [9.17, 15) is 13.2 Å². The van der Waals surface area contributed by atoms with Gasteiger partial charge in [0.2, 0.25) is 0 Å². The Labute approximate surface area is 105 Å². The van der Waals surface area contributed by atoms with Crippen LogP contribution in [0.25, 0.3) is 0 Å². The Bertz CT molecular complexity index is 427. The molecule has 2 rings (SSSR count). The summed E-state index contributed by atoms with van der Waals surface area (Å²) in [5, 5.41) is 3.11. The molecule has 1 N–H and O–H groups in total. The van der Waals surface area contributed by atoms with E-state index in [1.807, 2.05) is 13.1 Å². The van der Waals surface area contributed by atoms with Crippen molar-refractivity contribution in [2.75, 3.05) is 13.6 Å². The molecule has 100 valence electrons. The number of alkyl halides is 3. The van der Waals surface area contributed by atoms with Crippen molar-refractivity contribution in [1.29, 1.82) is 0 Å². The monoisotopic (exact) mass is 257 g/mol. The van der Waals surface area contributed by atoms with Crippen molar-refractivity contribution in [1.82, 2.24) is 5.32 Å². The molecule has 0 amide bonds. The van der Waals surface area contributed by atoms with Crippen LogP contribution >= 0.6 is 0 Å². The molecule has 1 aromatic carbocycles. The van der Waals surface area contributed by atoms with Crippen LogP contribution in [0.1, 0.15) is 30.9 Å². The van der Waals surface area contributed by atoms with Gasteiger partial charge in [0.25, 0.3) is 0 Å². The largest absolute Gasteiger partial charge is 0.416 e. The molecule has 1 fully saturated rings. The minimum Gasteiger partial charge on any atom is -0.319 e. The number of hydrogen-bond donors (Lipinski definition) is 1. The fraction of sp³-hybridized carbons (Fsp3) is 0.571. The van der Waals surface area contributed by atoms with Crippen molar-refractivity contribution in [3.63, 3.8) is 0 Å². The molecule has 0 saturated heterocycles. The Morgan fingerprint density at radius 3 is 2.61 bits per heavy atom. The van der Waals surface area contributed by atoms with Crippen LogP contribution < -0.4 is 5.32 Å². The highest BCUT2D eigenvalue weighted by molar-refractivity contribution is 5.38. The van der Waals surface area contributed by atoms with Crippen molar-refractivity contribution in [3.8, 4) is 0 Å². The van der Waals surface area contributed by atoms with Gasteiger partial charge in [-0.3, -0.25) is 0 Å². The summed E-state index contributed by atoms with van der Waals surface area (Å²) in [4.78, 5) is 0. The molecule has 1 aromatic rings. The Morgan fingerprint density at radius 1 is 1.39 bits per heavy atom. The lowest BCUT2D eigenvalue weighted by molar-refractivity contribution is -0.137. The first kappa shape index (κ1) is 13.4. The highest BCUT2D eigenvalue weighted by Gasteiger charge is 2.53. The van der Waals surface area contributed by atoms with Gasteiger partial charge in [0.05, 0.1) is 5.56 Å². The molecule has 2 atom stereocenters. The van der Waals surface area contributed by atoms with Crippen molar-refractivity contribution < 1.29 is 13.2 Å². The summed E-state index contributed by atoms with van der Waals surface area (Å²) in [5.41, 5.74) is 0.181. The summed E-state index contributed by atoms with van der Waals surface area (Å²) in [5.74, 6) is 0.494. The van der Waals surface area contributed by atoms with E-state index >= 15 is 0 Å². The Kier molecular flexibility index (Phi) is 3.41. The molecule has 1 nitrogen and oxygen atoms in total. The lowest BCUT2D eigenvalue weighted by Crippen LogP contribution is -2.26. The summed E-state index contributed by atoms with van der Waals surface area (Å²) in [6.07, 6.45) is -2.27. The van der Waals surface area contributed by atoms with Crippen LogP contribution in [0, 0.1) is 5.92 Å². The van der Waals surface area contributed by atoms with Crippen molar-refractivity contribution >= 4 is 0 Å². The van der Waals surface area contributed by atoms with E-state index in [0.717, 1.165) is 31.0 Å². The van der Waals surface area contributed by atoms with E-state index in [1.165, 1.54) is 12.1 Å². The van der Waals surface area contributed by atoms with Gasteiger partial charge in [-0.05, 0) is 31.0 Å². The lowest BCUT2D eigenvalue weighted by atomic mass is 9.91. The van der Waals surface area contributed by atoms with Crippen molar-refractivity contribution in [2.45, 2.75) is 31.4 Å². The zero-order valence-corrected chi connectivity index (χ0v) is 10.6. The van der Waals surface area contributed by atoms with E-state index in [0.29, 0.717) is 5.92 Å². The maximum atomic E-state index is 12.7. The minimum atomic E-state index is -4.26. The second kappa shape index (κ2) is 4.57. The first-order valence-corrected chi connectivity index (χ1v) is 6.26. The summed E-state index contributed by atoms with van der Waals surface area (Å²) < 4.78 is 38.2. The molecule has 0 bridgehead atoms. The molecule has 0 radical (unpaired) electrons. The van der Waals surface area contributed by atoms with E-state index in [-0.39, 0.29) is 5.41 Å². The van der Waals surface area contributed by atoms with Crippen molar-refractivity contribution in [2.24, 2.45) is 5.92 Å². The van der Waals surface area contributed by atoms with Crippen LogP contribution in [0.15, 0.2) is 24.3 Å². The van der Waals surface area contributed by atoms with Gasteiger partial charge in [-0.1, -0.05) is 31.5 Å². The van der Waals surface area contributed by atoms with Crippen LogP contribution in [0.3, 0.4) is 0 Å². The minimum absolute atomic E-state index is 0.0925. The van der Waals surface area contributed by atoms with Gasteiger partial charge in [-0.25, -0.2) is 0 Å². The normalized spacial score (nSPS) is 27.3. The molecule has 0 spiro atoms. The Morgan fingerprint density at radius 2 is 2.11 bits per heavy atom. The van der Waals surface area contributed by atoms with Crippen molar-refractivity contribution in [3.05, 3.63) is 35.4 Å². The molecule has 0 heterocycles. The van der Waals surface area contributed by atoms with E-state index in [4.69, 9.17) is 0 Å². The molecular formula is C14H18F3N. The first-order chi connectivity index (χ1) is 8.44. The third-order valence-electron chi connectivity index (χ3n) is 3.98. The number of rotatable bonds is 4. The molecule has 0 aliphatic heterocycles. The van der Waals surface area contributed by atoms with Gasteiger partial charge in [0.1, 0.15) is 0 Å². The standard InChI is InChI=1S/C14H18F3N/c1-3-10-8-13(10,9-18-2)11-5-4-6-12(7-11)14(15,16)17/h4-7,10,18H,3,8-9H2,1-2H3. The zero-order valence-electron chi connectivity index (χ0n) is 10.6. The summed E-state index contributed by atoms with van der Waals surface area (Å²) in [6.45, 7) is 2.84. The van der Waals surface area contributed by atoms with Crippen LogP contribution in [0.2, 0.25) is 0 Å². The van der Waals surface area contributed by atoms with Gasteiger partial charge in [-0.15, -0.1) is 0 Å². The van der Waals surface area contributed by atoms with Gasteiger partial charge < -0.3 is 5.32 Å². The predicted molar refractivity (Wildman–Crippen MR) is 65.4 cm³/mol. The highest BCUT2D eigenvalue weighted by Crippen LogP contribution is 2.56. The fourth-order valence-corrected chi connectivity index (χ4v) is 2.91. The predicted octanol–water partition coefficient (Wildman–Crippen LogP) is 3.59. The van der Waals surface area contributed by atoms with Crippen LogP contribution in [0.4, 0.5) is 13.2 Å². The van der Waals surface area contributed by atoms with E-state index in [1.54, 1.807) is 0 Å². The average Bonchev–Trinajstić information content (AvgIpc) is 3.04. The number of benzene rings is 1. The summed E-state index contributed by atoms with van der Waals surface area (Å²) in [7, 11) is 1.85. The number of likely N-dealkylation sites (N-methyl/N-ethyl adjacent to an activating group) is 1. The molecule has 2 unspecified atom stereocenters. The second-order valence-electron chi connectivity index (χ2n) is 5.07. The molecule has 1 aliphatic rings. The highest BCUT2D eigenvalue weighted by atomic mass is 19.4. The van der Waals surface area contributed by atoms with Gasteiger partial charge in [0, 0.05) is 12.0 Å². The van der Waals surface area contributed by atoms with Crippen LogP contribution in [0.5, 0.6) is 0 Å². The number of hydrogen-bond acceptors (Lipinski definition) is 1.